The number of hydrogen-bond acceptors (Lipinski definition) is 5. The van der Waals surface area contributed by atoms with Crippen LogP contribution in [-0.2, 0) is 9.53 Å². The van der Waals surface area contributed by atoms with Gasteiger partial charge in [-0.1, -0.05) is 0 Å². The Balaban J connectivity index is 3.03. The van der Waals surface area contributed by atoms with Gasteiger partial charge in [-0.2, -0.15) is 0 Å². The van der Waals surface area contributed by atoms with Gasteiger partial charge in [-0.05, 0) is 13.0 Å². The van der Waals surface area contributed by atoms with E-state index < -0.39 is 10.9 Å². The summed E-state index contributed by atoms with van der Waals surface area (Å²) in [6.07, 6.45) is 5.66. The number of methoxy groups -OCH3 is 1. The second-order valence-corrected chi connectivity index (χ2v) is 3.04. The zero-order chi connectivity index (χ0) is 12.1. The van der Waals surface area contributed by atoms with Crippen LogP contribution in [0.2, 0.25) is 0 Å². The Hall–Kier alpha value is -2.11. The fourth-order valence-electron chi connectivity index (χ4n) is 1.19. The van der Waals surface area contributed by atoms with Crippen LogP contribution in [0.5, 0.6) is 0 Å². The maximum atomic E-state index is 11.0. The van der Waals surface area contributed by atoms with Gasteiger partial charge in [0.05, 0.1) is 23.8 Å². The molecule has 1 heterocycles. The van der Waals surface area contributed by atoms with E-state index in [0.717, 1.165) is 6.08 Å². The van der Waals surface area contributed by atoms with E-state index in [1.165, 1.54) is 19.4 Å². The second kappa shape index (κ2) is 5.11. The smallest absolute Gasteiger partial charge is 0.331 e. The van der Waals surface area contributed by atoms with Crippen molar-refractivity contribution in [3.05, 3.63) is 45.9 Å². The molecule has 0 N–H and O–H groups in total. The molecule has 0 saturated heterocycles. The molecule has 86 valence electrons. The summed E-state index contributed by atoms with van der Waals surface area (Å²) in [5.41, 5.74) is 0.122. The van der Waals surface area contributed by atoms with Crippen LogP contribution in [-0.4, -0.2) is 29.4 Å². The maximum absolute atomic E-state index is 11.0. The lowest BCUT2D eigenvalue weighted by molar-refractivity contribution is -0.421. The summed E-state index contributed by atoms with van der Waals surface area (Å²) in [6.45, 7) is 2.49. The first-order valence-electron chi connectivity index (χ1n) is 4.68. The average molecular weight is 224 g/mol. The Labute approximate surface area is 92.6 Å². The lowest BCUT2D eigenvalue weighted by atomic mass is 10.1. The quantitative estimate of drug-likeness (QED) is 0.310. The molecule has 0 bridgehead atoms. The van der Waals surface area contributed by atoms with Crippen molar-refractivity contribution in [3.8, 4) is 0 Å². The highest BCUT2D eigenvalue weighted by Gasteiger charge is 2.21. The van der Waals surface area contributed by atoms with Crippen molar-refractivity contribution in [3.63, 3.8) is 0 Å². The Kier molecular flexibility index (Phi) is 3.82. The number of carbonyl (C=O) groups is 1. The molecule has 0 atom stereocenters. The van der Waals surface area contributed by atoms with E-state index in [1.54, 1.807) is 11.1 Å². The van der Waals surface area contributed by atoms with Gasteiger partial charge < -0.3 is 9.64 Å². The van der Waals surface area contributed by atoms with Crippen LogP contribution >= 0.6 is 0 Å². The Morgan fingerprint density at radius 2 is 2.38 bits per heavy atom. The Morgan fingerprint density at radius 3 is 2.88 bits per heavy atom. The van der Waals surface area contributed by atoms with Crippen LogP contribution < -0.4 is 0 Å². The zero-order valence-corrected chi connectivity index (χ0v) is 9.04. The van der Waals surface area contributed by atoms with E-state index in [1.807, 2.05) is 6.92 Å². The van der Waals surface area contributed by atoms with Crippen LogP contribution in [0.4, 0.5) is 0 Å². The first-order valence-corrected chi connectivity index (χ1v) is 4.68. The minimum atomic E-state index is -0.614. The highest BCUT2D eigenvalue weighted by atomic mass is 16.6. The van der Waals surface area contributed by atoms with Gasteiger partial charge in [-0.25, -0.2) is 4.79 Å². The third-order valence-electron chi connectivity index (χ3n) is 2.07. The van der Waals surface area contributed by atoms with E-state index in [4.69, 9.17) is 0 Å². The number of carbonyl (C=O) groups excluding carboxylic acids is 1. The van der Waals surface area contributed by atoms with E-state index in [9.17, 15) is 14.9 Å². The van der Waals surface area contributed by atoms with Crippen molar-refractivity contribution in [1.29, 1.82) is 0 Å². The molecule has 0 radical (unpaired) electrons. The van der Waals surface area contributed by atoms with Gasteiger partial charge in [-0.15, -0.1) is 0 Å². The molecule has 0 aromatic carbocycles. The second-order valence-electron chi connectivity index (χ2n) is 3.04. The van der Waals surface area contributed by atoms with Crippen molar-refractivity contribution in [2.45, 2.75) is 6.92 Å². The SMILES string of the molecule is CCN1C=C/C(=C\C(=O)OC)C([N+](=O)[O-])=C1. The summed E-state index contributed by atoms with van der Waals surface area (Å²) in [7, 11) is 1.22. The number of rotatable bonds is 3. The molecule has 1 rings (SSSR count). The highest BCUT2D eigenvalue weighted by molar-refractivity contribution is 5.84. The maximum Gasteiger partial charge on any atom is 0.331 e. The minimum Gasteiger partial charge on any atom is -0.466 e. The number of allylic oxidation sites excluding steroid dienone is 1. The lowest BCUT2D eigenvalue weighted by Gasteiger charge is -2.16. The van der Waals surface area contributed by atoms with Crippen LogP contribution in [0.15, 0.2) is 35.8 Å². The van der Waals surface area contributed by atoms with Gasteiger partial charge in [0.1, 0.15) is 0 Å². The molecule has 0 aromatic heterocycles. The first-order chi connectivity index (χ1) is 7.58. The molecule has 0 fully saturated rings. The topological polar surface area (TPSA) is 72.7 Å². The number of hydrogen-bond donors (Lipinski definition) is 0. The van der Waals surface area contributed by atoms with Gasteiger partial charge in [0.2, 0.25) is 0 Å². The van der Waals surface area contributed by atoms with Crippen LogP contribution in [0, 0.1) is 10.1 Å². The summed E-state index contributed by atoms with van der Waals surface area (Å²) in [6, 6.07) is 0. The standard InChI is InChI=1S/C10H12N2O4/c1-3-11-5-4-8(6-10(13)16-2)9(7-11)12(14)15/h4-7H,3H2,1-2H3/b8-6+. The summed E-state index contributed by atoms with van der Waals surface area (Å²) in [5, 5.41) is 10.8. The third-order valence-corrected chi connectivity index (χ3v) is 2.07. The van der Waals surface area contributed by atoms with Gasteiger partial charge in [-0.3, -0.25) is 10.1 Å². The molecular weight excluding hydrogens is 212 g/mol. The highest BCUT2D eigenvalue weighted by Crippen LogP contribution is 2.18. The molecule has 0 unspecified atom stereocenters. The van der Waals surface area contributed by atoms with Crippen LogP contribution in [0.25, 0.3) is 0 Å². The number of ether oxygens (including phenoxy) is 1. The minimum absolute atomic E-state index is 0.116. The van der Waals surface area contributed by atoms with Crippen molar-refractivity contribution in [2.75, 3.05) is 13.7 Å². The number of esters is 1. The number of nitrogens with zero attached hydrogens (tertiary/aromatic N) is 2. The molecule has 16 heavy (non-hydrogen) atoms. The zero-order valence-electron chi connectivity index (χ0n) is 9.04. The molecule has 0 saturated carbocycles. The molecule has 0 aliphatic carbocycles. The summed E-state index contributed by atoms with van der Waals surface area (Å²) < 4.78 is 4.42. The van der Waals surface area contributed by atoms with Gasteiger partial charge in [0.15, 0.2) is 0 Å². The molecular formula is C10H12N2O4. The van der Waals surface area contributed by atoms with Crippen molar-refractivity contribution in [1.82, 2.24) is 4.90 Å². The van der Waals surface area contributed by atoms with E-state index in [0.29, 0.717) is 6.54 Å². The summed E-state index contributed by atoms with van der Waals surface area (Å²) in [5.74, 6) is -0.614. The largest absolute Gasteiger partial charge is 0.466 e. The predicted octanol–water partition coefficient (Wildman–Crippen LogP) is 1.05. The van der Waals surface area contributed by atoms with Gasteiger partial charge in [0.25, 0.3) is 5.70 Å². The average Bonchev–Trinajstić information content (AvgIpc) is 2.29. The summed E-state index contributed by atoms with van der Waals surface area (Å²) >= 11 is 0. The normalized spacial score (nSPS) is 17.2. The Bertz CT molecular complexity index is 396. The molecule has 0 spiro atoms. The fraction of sp³-hybridized carbons (Fsp3) is 0.300. The van der Waals surface area contributed by atoms with Gasteiger partial charge in [0, 0.05) is 18.8 Å². The predicted molar refractivity (Wildman–Crippen MR) is 56.7 cm³/mol. The van der Waals surface area contributed by atoms with Crippen LogP contribution in [0.3, 0.4) is 0 Å². The molecule has 6 heteroatoms. The van der Waals surface area contributed by atoms with Crippen molar-refractivity contribution < 1.29 is 14.5 Å². The monoisotopic (exact) mass is 224 g/mol. The number of nitro groups is 1. The third kappa shape index (κ3) is 2.69. The van der Waals surface area contributed by atoms with E-state index in [2.05, 4.69) is 4.74 Å². The van der Waals surface area contributed by atoms with E-state index >= 15 is 0 Å². The lowest BCUT2D eigenvalue weighted by Crippen LogP contribution is -2.17. The van der Waals surface area contributed by atoms with Gasteiger partial charge >= 0.3 is 5.97 Å². The molecule has 1 aliphatic rings. The molecule has 6 nitrogen and oxygen atoms in total. The van der Waals surface area contributed by atoms with E-state index in [-0.39, 0.29) is 11.3 Å². The summed E-state index contributed by atoms with van der Waals surface area (Å²) in [4.78, 5) is 22.9. The van der Waals surface area contributed by atoms with Crippen LogP contribution in [0.1, 0.15) is 6.92 Å². The molecule has 1 aliphatic heterocycles. The molecule has 0 aromatic rings. The van der Waals surface area contributed by atoms with Crippen molar-refractivity contribution >= 4 is 5.97 Å². The molecule has 0 amide bonds. The first kappa shape index (κ1) is 12.0. The van der Waals surface area contributed by atoms with Crippen molar-refractivity contribution in [2.24, 2.45) is 0 Å². The fourth-order valence-corrected chi connectivity index (χ4v) is 1.19. The Morgan fingerprint density at radius 1 is 1.69 bits per heavy atom.